The van der Waals surface area contributed by atoms with E-state index in [1.165, 1.54) is 0 Å². The molecular weight excluding hydrogens is 142 g/mol. The maximum absolute atomic E-state index is 11.2. The summed E-state index contributed by atoms with van der Waals surface area (Å²) in [6.07, 6.45) is 3.01. The average molecular weight is 155 g/mol. The van der Waals surface area contributed by atoms with Crippen LogP contribution in [-0.4, -0.2) is 34.6 Å². The van der Waals surface area contributed by atoms with Crippen LogP contribution in [0.1, 0.15) is 25.7 Å². The number of nitrogens with zero attached hydrogens (tertiary/aromatic N) is 1. The molecule has 0 unspecified atom stereocenters. The van der Waals surface area contributed by atoms with E-state index in [2.05, 4.69) is 0 Å². The van der Waals surface area contributed by atoms with E-state index >= 15 is 0 Å². The number of amides is 1. The smallest absolute Gasteiger partial charge is 0.223 e. The lowest BCUT2D eigenvalue weighted by Crippen LogP contribution is -2.47. The Kier molecular flexibility index (Phi) is 1.60. The molecule has 0 aliphatic carbocycles. The monoisotopic (exact) mass is 155 g/mol. The molecule has 2 atom stereocenters. The fourth-order valence-corrected chi connectivity index (χ4v) is 2.11. The first kappa shape index (κ1) is 7.10. The maximum Gasteiger partial charge on any atom is 0.223 e. The van der Waals surface area contributed by atoms with Gasteiger partial charge in [0.2, 0.25) is 5.91 Å². The molecule has 0 spiro atoms. The lowest BCUT2D eigenvalue weighted by molar-refractivity contribution is -0.139. The van der Waals surface area contributed by atoms with Gasteiger partial charge in [-0.3, -0.25) is 4.79 Å². The van der Waals surface area contributed by atoms with E-state index in [1.54, 1.807) is 0 Å². The predicted molar refractivity (Wildman–Crippen MR) is 40.0 cm³/mol. The summed E-state index contributed by atoms with van der Waals surface area (Å²) in [6.45, 7) is 0.862. The van der Waals surface area contributed by atoms with Crippen LogP contribution in [0.5, 0.6) is 0 Å². The number of piperidine rings is 1. The van der Waals surface area contributed by atoms with E-state index in [1.807, 2.05) is 4.90 Å². The summed E-state index contributed by atoms with van der Waals surface area (Å²) >= 11 is 0. The molecule has 3 heteroatoms. The first-order valence-corrected chi connectivity index (χ1v) is 4.26. The quantitative estimate of drug-likeness (QED) is 0.540. The molecule has 3 nitrogen and oxygen atoms in total. The molecule has 62 valence electrons. The number of carbonyl (C=O) groups excluding carboxylic acids is 1. The van der Waals surface area contributed by atoms with Crippen molar-refractivity contribution in [1.82, 2.24) is 4.90 Å². The standard InChI is InChI=1S/C8H13NO2/c10-7-3-4-8(11)9-5-1-2-6(7)9/h6-7,10H,1-5H2/t6-,7+/m1/s1. The molecule has 2 saturated heterocycles. The normalized spacial score (nSPS) is 37.5. The summed E-state index contributed by atoms with van der Waals surface area (Å²) < 4.78 is 0. The van der Waals surface area contributed by atoms with E-state index in [-0.39, 0.29) is 18.1 Å². The fourth-order valence-electron chi connectivity index (χ4n) is 2.11. The van der Waals surface area contributed by atoms with Crippen molar-refractivity contribution >= 4 is 5.91 Å². The lowest BCUT2D eigenvalue weighted by Gasteiger charge is -2.33. The summed E-state index contributed by atoms with van der Waals surface area (Å²) in [5.74, 6) is 0.234. The van der Waals surface area contributed by atoms with Crippen LogP contribution < -0.4 is 0 Å². The zero-order valence-electron chi connectivity index (χ0n) is 6.49. The zero-order chi connectivity index (χ0) is 7.84. The Hall–Kier alpha value is -0.570. The van der Waals surface area contributed by atoms with Gasteiger partial charge in [-0.15, -0.1) is 0 Å². The minimum absolute atomic E-state index is 0.149. The first-order valence-electron chi connectivity index (χ1n) is 4.26. The SMILES string of the molecule is O=C1CC[C@H](O)[C@H]2CCCN12. The Labute approximate surface area is 66.0 Å². The van der Waals surface area contributed by atoms with Gasteiger partial charge in [0, 0.05) is 13.0 Å². The molecule has 2 rings (SSSR count). The van der Waals surface area contributed by atoms with E-state index in [0.717, 1.165) is 19.4 Å². The van der Waals surface area contributed by atoms with E-state index in [0.29, 0.717) is 12.8 Å². The minimum atomic E-state index is -0.254. The first-order chi connectivity index (χ1) is 5.29. The molecule has 2 fully saturated rings. The molecule has 1 amide bonds. The molecular formula is C8H13NO2. The Morgan fingerprint density at radius 1 is 1.45 bits per heavy atom. The van der Waals surface area contributed by atoms with Crippen LogP contribution in [0.15, 0.2) is 0 Å². The van der Waals surface area contributed by atoms with Crippen LogP contribution in [0.25, 0.3) is 0 Å². The molecule has 0 aromatic rings. The highest BCUT2D eigenvalue weighted by Crippen LogP contribution is 2.27. The van der Waals surface area contributed by atoms with Crippen molar-refractivity contribution in [3.63, 3.8) is 0 Å². The van der Waals surface area contributed by atoms with Gasteiger partial charge in [0.15, 0.2) is 0 Å². The molecule has 0 bridgehead atoms. The van der Waals surface area contributed by atoms with Crippen LogP contribution in [0.4, 0.5) is 0 Å². The third-order valence-corrected chi connectivity index (χ3v) is 2.72. The van der Waals surface area contributed by atoms with Crippen LogP contribution in [-0.2, 0) is 4.79 Å². The number of fused-ring (bicyclic) bond motifs is 1. The molecule has 2 aliphatic heterocycles. The topological polar surface area (TPSA) is 40.5 Å². The summed E-state index contributed by atoms with van der Waals surface area (Å²) in [6, 6.07) is 0.149. The number of rotatable bonds is 0. The van der Waals surface area contributed by atoms with Crippen molar-refractivity contribution in [1.29, 1.82) is 0 Å². The van der Waals surface area contributed by atoms with Gasteiger partial charge >= 0.3 is 0 Å². The van der Waals surface area contributed by atoms with Crippen molar-refractivity contribution in [2.45, 2.75) is 37.8 Å². The van der Waals surface area contributed by atoms with Crippen LogP contribution in [0, 0.1) is 0 Å². The molecule has 0 radical (unpaired) electrons. The van der Waals surface area contributed by atoms with Gasteiger partial charge in [0.25, 0.3) is 0 Å². The second kappa shape index (κ2) is 2.48. The highest BCUT2D eigenvalue weighted by Gasteiger charge is 2.37. The fraction of sp³-hybridized carbons (Fsp3) is 0.875. The largest absolute Gasteiger partial charge is 0.391 e. The van der Waals surface area contributed by atoms with E-state index < -0.39 is 0 Å². The highest BCUT2D eigenvalue weighted by atomic mass is 16.3. The molecule has 0 aromatic heterocycles. The summed E-state index contributed by atoms with van der Waals surface area (Å²) in [4.78, 5) is 13.1. The Morgan fingerprint density at radius 2 is 2.27 bits per heavy atom. The molecule has 11 heavy (non-hydrogen) atoms. The minimum Gasteiger partial charge on any atom is -0.391 e. The maximum atomic E-state index is 11.2. The second-order valence-corrected chi connectivity index (χ2v) is 3.40. The van der Waals surface area contributed by atoms with Gasteiger partial charge < -0.3 is 10.0 Å². The van der Waals surface area contributed by atoms with Gasteiger partial charge in [0.05, 0.1) is 12.1 Å². The predicted octanol–water partition coefficient (Wildman–Crippen LogP) is 0.132. The summed E-state index contributed by atoms with van der Waals surface area (Å²) in [5, 5.41) is 9.50. The van der Waals surface area contributed by atoms with Crippen molar-refractivity contribution in [2.24, 2.45) is 0 Å². The number of carbonyl (C=O) groups is 1. The van der Waals surface area contributed by atoms with Crippen molar-refractivity contribution in [3.8, 4) is 0 Å². The molecule has 2 heterocycles. The van der Waals surface area contributed by atoms with E-state index in [4.69, 9.17) is 0 Å². The summed E-state index contributed by atoms with van der Waals surface area (Å²) in [7, 11) is 0. The van der Waals surface area contributed by atoms with Crippen molar-refractivity contribution in [3.05, 3.63) is 0 Å². The van der Waals surface area contributed by atoms with Crippen LogP contribution in [0.2, 0.25) is 0 Å². The van der Waals surface area contributed by atoms with E-state index in [9.17, 15) is 9.90 Å². The Balaban J connectivity index is 2.14. The number of aliphatic hydroxyl groups is 1. The molecule has 1 N–H and O–H groups in total. The number of hydrogen-bond donors (Lipinski definition) is 1. The van der Waals surface area contributed by atoms with Crippen molar-refractivity contribution < 1.29 is 9.90 Å². The summed E-state index contributed by atoms with van der Waals surface area (Å²) in [5.41, 5.74) is 0. The Bertz CT molecular complexity index is 181. The molecule has 0 aromatic carbocycles. The lowest BCUT2D eigenvalue weighted by atomic mass is 9.99. The third-order valence-electron chi connectivity index (χ3n) is 2.72. The van der Waals surface area contributed by atoms with Gasteiger partial charge in [0.1, 0.15) is 0 Å². The van der Waals surface area contributed by atoms with Crippen LogP contribution in [0.3, 0.4) is 0 Å². The molecule has 0 saturated carbocycles. The number of hydrogen-bond acceptors (Lipinski definition) is 2. The number of aliphatic hydroxyl groups excluding tert-OH is 1. The highest BCUT2D eigenvalue weighted by molar-refractivity contribution is 5.77. The van der Waals surface area contributed by atoms with Gasteiger partial charge in [-0.1, -0.05) is 0 Å². The van der Waals surface area contributed by atoms with Crippen LogP contribution >= 0.6 is 0 Å². The van der Waals surface area contributed by atoms with Crippen molar-refractivity contribution in [2.75, 3.05) is 6.54 Å². The van der Waals surface area contributed by atoms with Gasteiger partial charge in [-0.25, -0.2) is 0 Å². The molecule has 2 aliphatic rings. The second-order valence-electron chi connectivity index (χ2n) is 3.40. The average Bonchev–Trinajstić information content (AvgIpc) is 2.45. The Morgan fingerprint density at radius 3 is 3.00 bits per heavy atom. The van der Waals surface area contributed by atoms with Gasteiger partial charge in [-0.05, 0) is 19.3 Å². The zero-order valence-corrected chi connectivity index (χ0v) is 6.49. The third kappa shape index (κ3) is 1.03. The van der Waals surface area contributed by atoms with Gasteiger partial charge in [-0.2, -0.15) is 0 Å².